The summed E-state index contributed by atoms with van der Waals surface area (Å²) in [6.45, 7) is 8.46. The molecule has 0 radical (unpaired) electrons. The molecule has 2 aliphatic rings. The van der Waals surface area contributed by atoms with Gasteiger partial charge in [-0.25, -0.2) is 0 Å². The molecule has 3 heteroatoms. The summed E-state index contributed by atoms with van der Waals surface area (Å²) in [6.07, 6.45) is 3.45. The van der Waals surface area contributed by atoms with Gasteiger partial charge in [0.25, 0.3) is 0 Å². The van der Waals surface area contributed by atoms with E-state index in [2.05, 4.69) is 31.0 Å². The van der Waals surface area contributed by atoms with Gasteiger partial charge in [0.2, 0.25) is 5.91 Å². The summed E-state index contributed by atoms with van der Waals surface area (Å²) in [5.41, 5.74) is 0. The minimum absolute atomic E-state index is 0.222. The molecule has 0 bridgehead atoms. The Morgan fingerprint density at radius 1 is 1.38 bits per heavy atom. The zero-order valence-electron chi connectivity index (χ0n) is 10.7. The van der Waals surface area contributed by atoms with E-state index >= 15 is 0 Å². The lowest BCUT2D eigenvalue weighted by molar-refractivity contribution is -0.136. The van der Waals surface area contributed by atoms with Crippen LogP contribution >= 0.6 is 0 Å². The third kappa shape index (κ3) is 2.57. The highest BCUT2D eigenvalue weighted by molar-refractivity contribution is 5.80. The number of amides is 1. The Morgan fingerprint density at radius 3 is 2.50 bits per heavy atom. The van der Waals surface area contributed by atoms with Crippen molar-refractivity contribution in [1.29, 1.82) is 0 Å². The molecule has 1 amide bonds. The van der Waals surface area contributed by atoms with Crippen LogP contribution in [0.3, 0.4) is 0 Å². The van der Waals surface area contributed by atoms with Gasteiger partial charge in [-0.15, -0.1) is 0 Å². The molecule has 1 aliphatic carbocycles. The molecule has 0 aromatic rings. The maximum Gasteiger partial charge on any atom is 0.227 e. The summed E-state index contributed by atoms with van der Waals surface area (Å²) in [7, 11) is 0. The summed E-state index contributed by atoms with van der Waals surface area (Å²) in [5.74, 6) is 1.20. The summed E-state index contributed by atoms with van der Waals surface area (Å²) in [4.78, 5) is 14.6. The number of hydrogen-bond donors (Lipinski definition) is 1. The minimum atomic E-state index is 0.222. The standard InChI is InChI=1S/C13H24N2O/c1-9(2)8-15(11-4-5-11)13(16)12-6-7-14-10(12)3/h9-12,14H,4-8H2,1-3H3. The quantitative estimate of drug-likeness (QED) is 0.787. The lowest BCUT2D eigenvalue weighted by Gasteiger charge is -2.28. The Hall–Kier alpha value is -0.570. The average molecular weight is 224 g/mol. The number of nitrogens with zero attached hydrogens (tertiary/aromatic N) is 1. The van der Waals surface area contributed by atoms with Crippen LogP contribution in [0, 0.1) is 11.8 Å². The van der Waals surface area contributed by atoms with Gasteiger partial charge in [-0.3, -0.25) is 4.79 Å². The van der Waals surface area contributed by atoms with E-state index in [0.717, 1.165) is 19.5 Å². The lowest BCUT2D eigenvalue weighted by atomic mass is 9.99. The molecule has 0 spiro atoms. The molecule has 2 rings (SSSR count). The van der Waals surface area contributed by atoms with E-state index < -0.39 is 0 Å². The van der Waals surface area contributed by atoms with Crippen LogP contribution in [0.1, 0.15) is 40.0 Å². The highest BCUT2D eigenvalue weighted by Crippen LogP contribution is 2.30. The van der Waals surface area contributed by atoms with Crippen LogP contribution < -0.4 is 5.32 Å². The van der Waals surface area contributed by atoms with Crippen molar-refractivity contribution in [2.75, 3.05) is 13.1 Å². The SMILES string of the molecule is CC(C)CN(C(=O)C1CCNC1C)C1CC1. The topological polar surface area (TPSA) is 32.3 Å². The van der Waals surface area contributed by atoms with Crippen LogP contribution in [0.4, 0.5) is 0 Å². The van der Waals surface area contributed by atoms with E-state index in [4.69, 9.17) is 0 Å². The van der Waals surface area contributed by atoms with E-state index in [1.807, 2.05) is 0 Å². The van der Waals surface area contributed by atoms with Crippen molar-refractivity contribution in [2.24, 2.45) is 11.8 Å². The monoisotopic (exact) mass is 224 g/mol. The first-order chi connectivity index (χ1) is 7.59. The Kier molecular flexibility index (Phi) is 3.53. The maximum absolute atomic E-state index is 12.5. The molecule has 2 atom stereocenters. The minimum Gasteiger partial charge on any atom is -0.339 e. The molecule has 1 heterocycles. The van der Waals surface area contributed by atoms with Crippen molar-refractivity contribution in [3.63, 3.8) is 0 Å². The van der Waals surface area contributed by atoms with Gasteiger partial charge in [-0.1, -0.05) is 13.8 Å². The number of carbonyl (C=O) groups excluding carboxylic acids is 1. The van der Waals surface area contributed by atoms with E-state index in [1.54, 1.807) is 0 Å². The van der Waals surface area contributed by atoms with E-state index in [9.17, 15) is 4.79 Å². The molecule has 1 saturated heterocycles. The van der Waals surface area contributed by atoms with Crippen LogP contribution in [-0.4, -0.2) is 36.0 Å². The summed E-state index contributed by atoms with van der Waals surface area (Å²) >= 11 is 0. The van der Waals surface area contributed by atoms with E-state index in [-0.39, 0.29) is 5.92 Å². The van der Waals surface area contributed by atoms with Crippen molar-refractivity contribution >= 4 is 5.91 Å². The molecule has 2 fully saturated rings. The van der Waals surface area contributed by atoms with Crippen LogP contribution in [0.5, 0.6) is 0 Å². The third-order valence-corrected chi connectivity index (χ3v) is 3.67. The number of carbonyl (C=O) groups is 1. The van der Waals surface area contributed by atoms with Gasteiger partial charge < -0.3 is 10.2 Å². The molecular formula is C13H24N2O. The predicted octanol–water partition coefficient (Wildman–Crippen LogP) is 1.63. The van der Waals surface area contributed by atoms with Gasteiger partial charge in [0.15, 0.2) is 0 Å². The first-order valence-corrected chi connectivity index (χ1v) is 6.63. The van der Waals surface area contributed by atoms with Gasteiger partial charge in [-0.05, 0) is 38.6 Å². The van der Waals surface area contributed by atoms with E-state index in [0.29, 0.717) is 23.9 Å². The van der Waals surface area contributed by atoms with Gasteiger partial charge in [-0.2, -0.15) is 0 Å². The summed E-state index contributed by atoms with van der Waals surface area (Å²) in [6, 6.07) is 0.920. The maximum atomic E-state index is 12.5. The molecule has 3 nitrogen and oxygen atoms in total. The Labute approximate surface area is 98.6 Å². The largest absolute Gasteiger partial charge is 0.339 e. The van der Waals surface area contributed by atoms with Crippen LogP contribution in [-0.2, 0) is 4.79 Å². The zero-order valence-corrected chi connectivity index (χ0v) is 10.7. The summed E-state index contributed by atoms with van der Waals surface area (Å²) in [5, 5.41) is 3.37. The molecule has 0 aromatic heterocycles. The first kappa shape index (κ1) is 11.9. The third-order valence-electron chi connectivity index (χ3n) is 3.67. The molecule has 2 unspecified atom stereocenters. The smallest absolute Gasteiger partial charge is 0.227 e. The second-order valence-corrected chi connectivity index (χ2v) is 5.75. The van der Waals surface area contributed by atoms with Gasteiger partial charge in [0.05, 0.1) is 5.92 Å². The number of nitrogens with one attached hydrogen (secondary N) is 1. The Morgan fingerprint density at radius 2 is 2.06 bits per heavy atom. The molecule has 1 saturated carbocycles. The molecule has 92 valence electrons. The van der Waals surface area contributed by atoms with Crippen molar-refractivity contribution in [3.8, 4) is 0 Å². The second kappa shape index (κ2) is 4.74. The van der Waals surface area contributed by atoms with Crippen molar-refractivity contribution in [1.82, 2.24) is 10.2 Å². The Balaban J connectivity index is 1.98. The normalized spacial score (nSPS) is 29.8. The number of hydrogen-bond acceptors (Lipinski definition) is 2. The average Bonchev–Trinajstić information content (AvgIpc) is 2.97. The highest BCUT2D eigenvalue weighted by atomic mass is 16.2. The summed E-state index contributed by atoms with van der Waals surface area (Å²) < 4.78 is 0. The fourth-order valence-corrected chi connectivity index (χ4v) is 2.61. The Bertz CT molecular complexity index is 261. The molecule has 0 aromatic carbocycles. The van der Waals surface area contributed by atoms with Gasteiger partial charge >= 0.3 is 0 Å². The van der Waals surface area contributed by atoms with Crippen molar-refractivity contribution in [2.45, 2.75) is 52.1 Å². The fraction of sp³-hybridized carbons (Fsp3) is 0.923. The van der Waals surface area contributed by atoms with Gasteiger partial charge in [0.1, 0.15) is 0 Å². The van der Waals surface area contributed by atoms with Crippen LogP contribution in [0.25, 0.3) is 0 Å². The van der Waals surface area contributed by atoms with Crippen molar-refractivity contribution in [3.05, 3.63) is 0 Å². The molecule has 1 N–H and O–H groups in total. The zero-order chi connectivity index (χ0) is 11.7. The second-order valence-electron chi connectivity index (χ2n) is 5.75. The van der Waals surface area contributed by atoms with E-state index in [1.165, 1.54) is 12.8 Å². The van der Waals surface area contributed by atoms with Crippen LogP contribution in [0.2, 0.25) is 0 Å². The van der Waals surface area contributed by atoms with Crippen LogP contribution in [0.15, 0.2) is 0 Å². The predicted molar refractivity (Wildman–Crippen MR) is 65.1 cm³/mol. The number of rotatable bonds is 4. The molecular weight excluding hydrogens is 200 g/mol. The molecule has 16 heavy (non-hydrogen) atoms. The lowest BCUT2D eigenvalue weighted by Crippen LogP contribution is -2.43. The van der Waals surface area contributed by atoms with Gasteiger partial charge in [0, 0.05) is 18.6 Å². The van der Waals surface area contributed by atoms with Crippen molar-refractivity contribution < 1.29 is 4.79 Å². The first-order valence-electron chi connectivity index (χ1n) is 6.63. The highest BCUT2D eigenvalue weighted by Gasteiger charge is 2.39. The molecule has 1 aliphatic heterocycles. The fourth-order valence-electron chi connectivity index (χ4n) is 2.61.